The summed E-state index contributed by atoms with van der Waals surface area (Å²) in [6.07, 6.45) is 1.09. The van der Waals surface area contributed by atoms with Crippen LogP contribution in [-0.4, -0.2) is 45.0 Å². The van der Waals surface area contributed by atoms with Crippen molar-refractivity contribution in [1.82, 2.24) is 10.6 Å². The summed E-state index contributed by atoms with van der Waals surface area (Å²) in [5.74, 6) is -0.440. The summed E-state index contributed by atoms with van der Waals surface area (Å²) in [5.41, 5.74) is 0.705. The van der Waals surface area contributed by atoms with E-state index in [2.05, 4.69) is 16.0 Å². The third kappa shape index (κ3) is 7.34. The second-order valence-corrected chi connectivity index (χ2v) is 8.00. The second kappa shape index (κ2) is 8.16. The highest BCUT2D eigenvalue weighted by atomic mass is 35.5. The van der Waals surface area contributed by atoms with Crippen LogP contribution in [-0.2, 0) is 9.84 Å². The van der Waals surface area contributed by atoms with E-state index < -0.39 is 15.9 Å². The highest BCUT2D eigenvalue weighted by molar-refractivity contribution is 7.90. The van der Waals surface area contributed by atoms with Gasteiger partial charge in [-0.25, -0.2) is 13.2 Å². The lowest BCUT2D eigenvalue weighted by molar-refractivity contribution is 0.0943. The summed E-state index contributed by atoms with van der Waals surface area (Å²) in [6.45, 7) is 3.68. The van der Waals surface area contributed by atoms with Gasteiger partial charge in [-0.3, -0.25) is 4.79 Å². The van der Waals surface area contributed by atoms with Gasteiger partial charge >= 0.3 is 6.03 Å². The first kappa shape index (κ1) is 19.2. The Morgan fingerprint density at radius 3 is 2.43 bits per heavy atom. The number of carbonyl (C=O) groups is 2. The molecule has 9 heteroatoms. The van der Waals surface area contributed by atoms with Crippen LogP contribution in [0.5, 0.6) is 0 Å². The number of nitrogens with one attached hydrogen (secondary N) is 3. The summed E-state index contributed by atoms with van der Waals surface area (Å²) in [4.78, 5) is 23.5. The van der Waals surface area contributed by atoms with Crippen molar-refractivity contribution in [2.45, 2.75) is 19.9 Å². The number of sulfone groups is 1. The van der Waals surface area contributed by atoms with Crippen molar-refractivity contribution in [3.63, 3.8) is 0 Å². The van der Waals surface area contributed by atoms with Crippen molar-refractivity contribution in [2.75, 3.05) is 23.9 Å². The van der Waals surface area contributed by atoms with E-state index in [1.165, 1.54) is 18.2 Å². The lowest BCUT2D eigenvalue weighted by Crippen LogP contribution is -2.32. The Kier molecular flexibility index (Phi) is 6.83. The fraction of sp³-hybridized carbons (Fsp3) is 0.429. The summed E-state index contributed by atoms with van der Waals surface area (Å²) in [7, 11) is -3.13. The first-order chi connectivity index (χ1) is 10.6. The zero-order chi connectivity index (χ0) is 17.6. The molecular formula is C14H20ClN3O4S. The van der Waals surface area contributed by atoms with E-state index in [1.54, 1.807) is 0 Å². The Labute approximate surface area is 140 Å². The van der Waals surface area contributed by atoms with Crippen LogP contribution in [0.2, 0.25) is 5.02 Å². The van der Waals surface area contributed by atoms with Crippen LogP contribution in [0.25, 0.3) is 0 Å². The zero-order valence-corrected chi connectivity index (χ0v) is 14.7. The zero-order valence-electron chi connectivity index (χ0n) is 13.1. The van der Waals surface area contributed by atoms with Crippen LogP contribution in [0, 0.1) is 0 Å². The van der Waals surface area contributed by atoms with Gasteiger partial charge in [0.2, 0.25) is 0 Å². The molecule has 1 aromatic carbocycles. The Balaban J connectivity index is 2.64. The molecule has 0 aliphatic heterocycles. The number of urea groups is 1. The molecule has 0 saturated heterocycles. The Hall–Kier alpha value is -1.80. The molecule has 0 aliphatic rings. The Bertz CT molecular complexity index is 689. The minimum absolute atomic E-state index is 0.00722. The average Bonchev–Trinajstić information content (AvgIpc) is 2.35. The molecule has 3 amide bonds. The van der Waals surface area contributed by atoms with Crippen LogP contribution < -0.4 is 16.0 Å². The summed E-state index contributed by atoms with van der Waals surface area (Å²) in [6, 6.07) is 3.93. The molecule has 0 fully saturated rings. The third-order valence-electron chi connectivity index (χ3n) is 2.65. The molecule has 0 aromatic heterocycles. The quantitative estimate of drug-likeness (QED) is 0.716. The number of rotatable bonds is 6. The van der Waals surface area contributed by atoms with Gasteiger partial charge < -0.3 is 16.0 Å². The maximum atomic E-state index is 11.9. The molecule has 0 atom stereocenters. The molecule has 0 bridgehead atoms. The molecule has 0 spiro atoms. The van der Waals surface area contributed by atoms with Gasteiger partial charge in [-0.2, -0.15) is 0 Å². The predicted molar refractivity (Wildman–Crippen MR) is 90.8 cm³/mol. The van der Waals surface area contributed by atoms with Crippen molar-refractivity contribution in [1.29, 1.82) is 0 Å². The van der Waals surface area contributed by atoms with Gasteiger partial charge in [-0.05, 0) is 32.0 Å². The maximum absolute atomic E-state index is 11.9. The molecule has 0 aliphatic carbocycles. The second-order valence-electron chi connectivity index (χ2n) is 5.33. The molecule has 128 valence electrons. The van der Waals surface area contributed by atoms with Crippen molar-refractivity contribution in [2.24, 2.45) is 0 Å². The number of carbonyl (C=O) groups excluding carboxylic acids is 2. The fourth-order valence-corrected chi connectivity index (χ4v) is 2.38. The maximum Gasteiger partial charge on any atom is 0.319 e. The van der Waals surface area contributed by atoms with Gasteiger partial charge in [-0.1, -0.05) is 11.6 Å². The number of benzene rings is 1. The van der Waals surface area contributed by atoms with Crippen LogP contribution >= 0.6 is 11.6 Å². The predicted octanol–water partition coefficient (Wildman–Crippen LogP) is 1.64. The Morgan fingerprint density at radius 1 is 1.26 bits per heavy atom. The van der Waals surface area contributed by atoms with Crippen molar-refractivity contribution in [3.8, 4) is 0 Å². The Morgan fingerprint density at radius 2 is 1.91 bits per heavy atom. The topological polar surface area (TPSA) is 104 Å². The highest BCUT2D eigenvalue weighted by Crippen LogP contribution is 2.21. The lowest BCUT2D eigenvalue weighted by atomic mass is 10.2. The number of hydrogen-bond acceptors (Lipinski definition) is 4. The van der Waals surface area contributed by atoms with Crippen LogP contribution in [0.3, 0.4) is 0 Å². The standard InChI is InChI=1S/C14H20ClN3O4S/c1-9(2)17-13(19)11-5-4-10(8-12(11)15)18-14(20)16-6-7-23(3,21)22/h4-5,8-9H,6-7H2,1-3H3,(H,17,19)(H2,16,18,20). The van der Waals surface area contributed by atoms with E-state index in [0.29, 0.717) is 11.3 Å². The normalized spacial score (nSPS) is 11.2. The molecule has 7 nitrogen and oxygen atoms in total. The van der Waals surface area contributed by atoms with Gasteiger partial charge in [-0.15, -0.1) is 0 Å². The van der Waals surface area contributed by atoms with Crippen LogP contribution in [0.1, 0.15) is 24.2 Å². The molecule has 1 rings (SSSR count). The van der Waals surface area contributed by atoms with E-state index in [0.717, 1.165) is 6.26 Å². The molecular weight excluding hydrogens is 342 g/mol. The smallest absolute Gasteiger partial charge is 0.319 e. The SMILES string of the molecule is CC(C)NC(=O)c1ccc(NC(=O)NCCS(C)(=O)=O)cc1Cl. The van der Waals surface area contributed by atoms with E-state index in [9.17, 15) is 18.0 Å². The van der Waals surface area contributed by atoms with Gasteiger partial charge in [0.15, 0.2) is 0 Å². The number of anilines is 1. The van der Waals surface area contributed by atoms with Crippen LogP contribution in [0.4, 0.5) is 10.5 Å². The summed E-state index contributed by atoms with van der Waals surface area (Å²) >= 11 is 6.04. The van der Waals surface area contributed by atoms with Gasteiger partial charge in [0.05, 0.1) is 16.3 Å². The molecule has 1 aromatic rings. The lowest BCUT2D eigenvalue weighted by Gasteiger charge is -2.11. The minimum atomic E-state index is -3.13. The number of amides is 3. The van der Waals surface area contributed by atoms with Crippen molar-refractivity contribution >= 4 is 39.1 Å². The first-order valence-corrected chi connectivity index (χ1v) is 9.35. The molecule has 3 N–H and O–H groups in total. The number of halogens is 1. The molecule has 0 radical (unpaired) electrons. The molecule has 23 heavy (non-hydrogen) atoms. The summed E-state index contributed by atoms with van der Waals surface area (Å²) < 4.78 is 21.9. The van der Waals surface area contributed by atoms with Crippen molar-refractivity contribution < 1.29 is 18.0 Å². The fourth-order valence-electron chi connectivity index (χ4n) is 1.64. The minimum Gasteiger partial charge on any atom is -0.350 e. The summed E-state index contributed by atoms with van der Waals surface area (Å²) in [5, 5.41) is 7.86. The van der Waals surface area contributed by atoms with E-state index >= 15 is 0 Å². The van der Waals surface area contributed by atoms with E-state index in [1.807, 2.05) is 13.8 Å². The third-order valence-corrected chi connectivity index (χ3v) is 3.91. The van der Waals surface area contributed by atoms with Gasteiger partial charge in [0.1, 0.15) is 9.84 Å². The monoisotopic (exact) mass is 361 g/mol. The number of hydrogen-bond donors (Lipinski definition) is 3. The molecule has 0 unspecified atom stereocenters. The molecule has 0 heterocycles. The van der Waals surface area contributed by atoms with Crippen molar-refractivity contribution in [3.05, 3.63) is 28.8 Å². The largest absolute Gasteiger partial charge is 0.350 e. The highest BCUT2D eigenvalue weighted by Gasteiger charge is 2.12. The van der Waals surface area contributed by atoms with Crippen LogP contribution in [0.15, 0.2) is 18.2 Å². The van der Waals surface area contributed by atoms with E-state index in [4.69, 9.17) is 11.6 Å². The van der Waals surface area contributed by atoms with Gasteiger partial charge in [0.25, 0.3) is 5.91 Å². The average molecular weight is 362 g/mol. The van der Waals surface area contributed by atoms with Gasteiger partial charge in [0, 0.05) is 24.5 Å². The molecule has 0 saturated carbocycles. The first-order valence-electron chi connectivity index (χ1n) is 6.91. The van der Waals surface area contributed by atoms with E-state index in [-0.39, 0.29) is 29.3 Å².